The van der Waals surface area contributed by atoms with E-state index in [1.165, 1.54) is 0 Å². The van der Waals surface area contributed by atoms with Crippen LogP contribution < -0.4 is 5.73 Å². The first-order chi connectivity index (χ1) is 6.11. The summed E-state index contributed by atoms with van der Waals surface area (Å²) in [6.45, 7) is 3.85. The Labute approximate surface area is 84.4 Å². The predicted octanol–water partition coefficient (Wildman–Crippen LogP) is 1.41. The summed E-state index contributed by atoms with van der Waals surface area (Å²) in [5, 5.41) is 0. The lowest BCUT2D eigenvalue weighted by Gasteiger charge is -2.14. The summed E-state index contributed by atoms with van der Waals surface area (Å²) in [5.74, 6) is 0.625. The van der Waals surface area contributed by atoms with Gasteiger partial charge in [0, 0.05) is 0 Å². The Morgan fingerprint density at radius 3 is 2.69 bits per heavy atom. The van der Waals surface area contributed by atoms with Gasteiger partial charge in [-0.2, -0.15) is 11.8 Å². The van der Waals surface area contributed by atoms with Gasteiger partial charge < -0.3 is 10.5 Å². The third-order valence-electron chi connectivity index (χ3n) is 1.83. The van der Waals surface area contributed by atoms with Crippen molar-refractivity contribution in [2.75, 3.05) is 12.0 Å². The van der Waals surface area contributed by atoms with Gasteiger partial charge in [0.05, 0.1) is 6.10 Å². The van der Waals surface area contributed by atoms with Crippen LogP contribution in [0.1, 0.15) is 26.7 Å². The highest BCUT2D eigenvalue weighted by atomic mass is 32.2. The average Bonchev–Trinajstić information content (AvgIpc) is 2.13. The van der Waals surface area contributed by atoms with Gasteiger partial charge in [0.15, 0.2) is 0 Å². The lowest BCUT2D eigenvalue weighted by Crippen LogP contribution is -2.34. The van der Waals surface area contributed by atoms with Crippen LogP contribution in [-0.2, 0) is 9.53 Å². The van der Waals surface area contributed by atoms with Crippen molar-refractivity contribution in [3.63, 3.8) is 0 Å². The molecule has 0 aromatic heterocycles. The zero-order valence-corrected chi connectivity index (χ0v) is 9.39. The summed E-state index contributed by atoms with van der Waals surface area (Å²) >= 11 is 1.68. The van der Waals surface area contributed by atoms with Crippen LogP contribution in [0, 0.1) is 0 Å². The minimum Gasteiger partial charge on any atom is -0.462 e. The second kappa shape index (κ2) is 7.21. The summed E-state index contributed by atoms with van der Waals surface area (Å²) in [4.78, 5) is 11.3. The van der Waals surface area contributed by atoms with Gasteiger partial charge in [-0.15, -0.1) is 0 Å². The molecule has 0 saturated heterocycles. The Morgan fingerprint density at radius 1 is 1.62 bits per heavy atom. The van der Waals surface area contributed by atoms with Crippen molar-refractivity contribution in [2.24, 2.45) is 5.73 Å². The monoisotopic (exact) mass is 205 g/mol. The predicted molar refractivity (Wildman–Crippen MR) is 56.8 cm³/mol. The fourth-order valence-electron chi connectivity index (χ4n) is 0.732. The van der Waals surface area contributed by atoms with Crippen molar-refractivity contribution < 1.29 is 9.53 Å². The third-order valence-corrected chi connectivity index (χ3v) is 2.47. The Morgan fingerprint density at radius 2 is 2.23 bits per heavy atom. The van der Waals surface area contributed by atoms with Gasteiger partial charge in [0.25, 0.3) is 0 Å². The summed E-state index contributed by atoms with van der Waals surface area (Å²) < 4.78 is 5.09. The molecule has 0 aromatic rings. The van der Waals surface area contributed by atoms with Crippen LogP contribution in [0.5, 0.6) is 0 Å². The van der Waals surface area contributed by atoms with Crippen LogP contribution in [-0.4, -0.2) is 30.1 Å². The van der Waals surface area contributed by atoms with Gasteiger partial charge in [-0.3, -0.25) is 4.79 Å². The first-order valence-corrected chi connectivity index (χ1v) is 5.96. The fourth-order valence-corrected chi connectivity index (χ4v) is 1.22. The largest absolute Gasteiger partial charge is 0.462 e. The summed E-state index contributed by atoms with van der Waals surface area (Å²) in [5.41, 5.74) is 5.62. The standard InChI is InChI=1S/C9H19NO2S/c1-4-7(2)12-9(11)8(10)5-6-13-3/h7-8H,4-6,10H2,1-3H3. The molecule has 0 aliphatic carbocycles. The second-order valence-corrected chi connectivity index (χ2v) is 4.03. The highest BCUT2D eigenvalue weighted by Crippen LogP contribution is 2.03. The first-order valence-electron chi connectivity index (χ1n) is 4.56. The normalized spacial score (nSPS) is 15.1. The summed E-state index contributed by atoms with van der Waals surface area (Å²) in [6, 6.07) is -0.457. The van der Waals surface area contributed by atoms with E-state index in [4.69, 9.17) is 10.5 Å². The molecule has 0 radical (unpaired) electrons. The number of ether oxygens (including phenoxy) is 1. The maximum atomic E-state index is 11.3. The van der Waals surface area contributed by atoms with Gasteiger partial charge in [0.2, 0.25) is 0 Å². The highest BCUT2D eigenvalue weighted by Gasteiger charge is 2.16. The minimum atomic E-state index is -0.457. The Balaban J connectivity index is 3.68. The lowest BCUT2D eigenvalue weighted by atomic mass is 10.2. The van der Waals surface area contributed by atoms with Crippen molar-refractivity contribution in [2.45, 2.75) is 38.8 Å². The number of nitrogens with two attached hydrogens (primary N) is 1. The Bertz CT molecular complexity index is 153. The van der Waals surface area contributed by atoms with E-state index >= 15 is 0 Å². The molecule has 3 nitrogen and oxygen atoms in total. The number of carbonyl (C=O) groups excluding carboxylic acids is 1. The van der Waals surface area contributed by atoms with Gasteiger partial charge in [0.1, 0.15) is 6.04 Å². The maximum Gasteiger partial charge on any atom is 0.323 e. The highest BCUT2D eigenvalue weighted by molar-refractivity contribution is 7.98. The van der Waals surface area contributed by atoms with Crippen molar-refractivity contribution in [1.82, 2.24) is 0 Å². The van der Waals surface area contributed by atoms with E-state index in [1.807, 2.05) is 20.1 Å². The molecule has 0 aromatic carbocycles. The molecule has 0 amide bonds. The number of carbonyl (C=O) groups is 1. The Kier molecular flexibility index (Phi) is 7.09. The molecule has 4 heteroatoms. The van der Waals surface area contributed by atoms with E-state index in [0.717, 1.165) is 12.2 Å². The van der Waals surface area contributed by atoms with E-state index in [0.29, 0.717) is 6.42 Å². The first kappa shape index (κ1) is 12.8. The van der Waals surface area contributed by atoms with E-state index in [1.54, 1.807) is 11.8 Å². The molecule has 2 atom stereocenters. The molecular weight excluding hydrogens is 186 g/mol. The number of esters is 1. The third kappa shape index (κ3) is 5.93. The van der Waals surface area contributed by atoms with E-state index in [9.17, 15) is 4.79 Å². The van der Waals surface area contributed by atoms with Crippen LogP contribution in [0.3, 0.4) is 0 Å². The van der Waals surface area contributed by atoms with Crippen LogP contribution >= 0.6 is 11.8 Å². The number of thioether (sulfide) groups is 1. The Hall–Kier alpha value is -0.220. The van der Waals surface area contributed by atoms with Gasteiger partial charge >= 0.3 is 5.97 Å². The van der Waals surface area contributed by atoms with Gasteiger partial charge in [-0.05, 0) is 31.8 Å². The van der Waals surface area contributed by atoms with Gasteiger partial charge in [-0.1, -0.05) is 6.92 Å². The molecule has 0 heterocycles. The molecule has 0 aliphatic heterocycles. The molecule has 0 rings (SSSR count). The average molecular weight is 205 g/mol. The van der Waals surface area contributed by atoms with Crippen molar-refractivity contribution in [3.05, 3.63) is 0 Å². The molecule has 0 saturated carbocycles. The minimum absolute atomic E-state index is 0.0205. The smallest absolute Gasteiger partial charge is 0.323 e. The molecule has 2 unspecified atom stereocenters. The van der Waals surface area contributed by atoms with Crippen LogP contribution in [0.2, 0.25) is 0 Å². The van der Waals surface area contributed by atoms with Crippen LogP contribution in [0.15, 0.2) is 0 Å². The van der Waals surface area contributed by atoms with Crippen molar-refractivity contribution in [3.8, 4) is 0 Å². The van der Waals surface area contributed by atoms with Crippen LogP contribution in [0.4, 0.5) is 0 Å². The molecule has 78 valence electrons. The molecular formula is C9H19NO2S. The fraction of sp³-hybridized carbons (Fsp3) is 0.889. The number of hydrogen-bond acceptors (Lipinski definition) is 4. The molecule has 0 aliphatic rings. The molecule has 13 heavy (non-hydrogen) atoms. The van der Waals surface area contributed by atoms with Gasteiger partial charge in [-0.25, -0.2) is 0 Å². The molecule has 2 N–H and O–H groups in total. The molecule has 0 spiro atoms. The SMILES string of the molecule is CCC(C)OC(=O)C(N)CCSC. The lowest BCUT2D eigenvalue weighted by molar-refractivity contribution is -0.149. The van der Waals surface area contributed by atoms with Crippen molar-refractivity contribution in [1.29, 1.82) is 0 Å². The number of hydrogen-bond donors (Lipinski definition) is 1. The molecule has 0 bridgehead atoms. The van der Waals surface area contributed by atoms with Crippen LogP contribution in [0.25, 0.3) is 0 Å². The van der Waals surface area contributed by atoms with E-state index in [2.05, 4.69) is 0 Å². The summed E-state index contributed by atoms with van der Waals surface area (Å²) in [7, 11) is 0. The quantitative estimate of drug-likeness (QED) is 0.666. The zero-order chi connectivity index (χ0) is 10.3. The van der Waals surface area contributed by atoms with Crippen molar-refractivity contribution >= 4 is 17.7 Å². The second-order valence-electron chi connectivity index (χ2n) is 3.04. The molecule has 0 fully saturated rings. The maximum absolute atomic E-state index is 11.3. The topological polar surface area (TPSA) is 52.3 Å². The number of rotatable bonds is 6. The summed E-state index contributed by atoms with van der Waals surface area (Å²) in [6.07, 6.45) is 3.50. The zero-order valence-electron chi connectivity index (χ0n) is 8.58. The van der Waals surface area contributed by atoms with E-state index in [-0.39, 0.29) is 12.1 Å². The van der Waals surface area contributed by atoms with E-state index < -0.39 is 6.04 Å².